The van der Waals surface area contributed by atoms with Crippen molar-refractivity contribution in [2.24, 2.45) is 0 Å². The first-order chi connectivity index (χ1) is 12.7. The van der Waals surface area contributed by atoms with Crippen LogP contribution in [0.3, 0.4) is 0 Å². The summed E-state index contributed by atoms with van der Waals surface area (Å²) in [5.74, 6) is 0.194. The van der Waals surface area contributed by atoms with Crippen LogP contribution in [-0.4, -0.2) is 56.8 Å². The standard InChI is InChI=1S/C21H25N2O2S/c1-23(13-15-25-16-14-23)12-11-22-18-9-5-6-10-19(18)26-20(21(22)24)17-7-3-2-4-8-17/h2-10,20H,11-16H2,1H3/q+1. The van der Waals surface area contributed by atoms with Crippen molar-refractivity contribution in [1.29, 1.82) is 0 Å². The van der Waals surface area contributed by atoms with Gasteiger partial charge in [-0.1, -0.05) is 42.5 Å². The van der Waals surface area contributed by atoms with Crippen LogP contribution in [-0.2, 0) is 9.53 Å². The Labute approximate surface area is 159 Å². The molecule has 2 aromatic rings. The largest absolute Gasteiger partial charge is 0.370 e. The van der Waals surface area contributed by atoms with E-state index >= 15 is 0 Å². The van der Waals surface area contributed by atoms with E-state index in [4.69, 9.17) is 4.74 Å². The lowest BCUT2D eigenvalue weighted by Crippen LogP contribution is -2.55. The van der Waals surface area contributed by atoms with E-state index in [1.807, 2.05) is 29.2 Å². The average Bonchev–Trinajstić information content (AvgIpc) is 2.68. The summed E-state index contributed by atoms with van der Waals surface area (Å²) >= 11 is 1.67. The fourth-order valence-corrected chi connectivity index (χ4v) is 4.87. The fourth-order valence-electron chi connectivity index (χ4n) is 3.64. The van der Waals surface area contributed by atoms with Crippen LogP contribution in [0.1, 0.15) is 10.8 Å². The minimum atomic E-state index is -0.166. The van der Waals surface area contributed by atoms with Crippen molar-refractivity contribution >= 4 is 23.4 Å². The lowest BCUT2D eigenvalue weighted by Gasteiger charge is -2.40. The van der Waals surface area contributed by atoms with Crippen molar-refractivity contribution in [2.45, 2.75) is 10.1 Å². The van der Waals surface area contributed by atoms with E-state index in [0.29, 0.717) is 0 Å². The van der Waals surface area contributed by atoms with Crippen molar-refractivity contribution < 1.29 is 14.0 Å². The molecular weight excluding hydrogens is 344 g/mol. The van der Waals surface area contributed by atoms with Gasteiger partial charge in [0.2, 0.25) is 5.91 Å². The second kappa shape index (κ2) is 7.43. The number of para-hydroxylation sites is 1. The SMILES string of the molecule is C[N+]1(CCN2C(=O)C(c3ccccc3)Sc3ccccc32)CCOCC1. The number of benzene rings is 2. The molecule has 136 valence electrons. The minimum Gasteiger partial charge on any atom is -0.370 e. The van der Waals surface area contributed by atoms with E-state index in [9.17, 15) is 4.79 Å². The van der Waals surface area contributed by atoms with Crippen molar-refractivity contribution in [3.8, 4) is 0 Å². The number of nitrogens with zero attached hydrogens (tertiary/aromatic N) is 2. The van der Waals surface area contributed by atoms with Crippen molar-refractivity contribution in [3.63, 3.8) is 0 Å². The summed E-state index contributed by atoms with van der Waals surface area (Å²) in [6.07, 6.45) is 0. The highest BCUT2D eigenvalue weighted by atomic mass is 32.2. The normalized spacial score (nSPS) is 22.1. The number of amides is 1. The van der Waals surface area contributed by atoms with Gasteiger partial charge in [0.1, 0.15) is 18.3 Å². The Morgan fingerprint density at radius 3 is 2.54 bits per heavy atom. The third kappa shape index (κ3) is 3.52. The van der Waals surface area contributed by atoms with E-state index in [-0.39, 0.29) is 11.2 Å². The Morgan fingerprint density at radius 2 is 1.77 bits per heavy atom. The average molecular weight is 370 g/mol. The van der Waals surface area contributed by atoms with Crippen LogP contribution in [0.15, 0.2) is 59.5 Å². The highest BCUT2D eigenvalue weighted by Gasteiger charge is 2.36. The summed E-state index contributed by atoms with van der Waals surface area (Å²) in [6, 6.07) is 18.4. The number of fused-ring (bicyclic) bond motifs is 1. The molecule has 4 nitrogen and oxygen atoms in total. The maximum Gasteiger partial charge on any atom is 0.245 e. The first kappa shape index (κ1) is 17.6. The lowest BCUT2D eigenvalue weighted by molar-refractivity contribution is -0.915. The van der Waals surface area contributed by atoms with Crippen molar-refractivity contribution in [1.82, 2.24) is 0 Å². The summed E-state index contributed by atoms with van der Waals surface area (Å²) in [4.78, 5) is 16.5. The maximum absolute atomic E-state index is 13.3. The monoisotopic (exact) mass is 369 g/mol. The topological polar surface area (TPSA) is 29.5 Å². The quantitative estimate of drug-likeness (QED) is 0.774. The molecule has 1 saturated heterocycles. The first-order valence-electron chi connectivity index (χ1n) is 9.20. The smallest absolute Gasteiger partial charge is 0.245 e. The van der Waals surface area contributed by atoms with Gasteiger partial charge in [0.05, 0.1) is 39.0 Å². The Bertz CT molecular complexity index is 775. The predicted octanol–water partition coefficient (Wildman–Crippen LogP) is 3.34. The van der Waals surface area contributed by atoms with Crippen LogP contribution in [0.5, 0.6) is 0 Å². The number of rotatable bonds is 4. The molecule has 0 N–H and O–H groups in total. The molecule has 5 heteroatoms. The molecule has 26 heavy (non-hydrogen) atoms. The molecule has 0 radical (unpaired) electrons. The Hall–Kier alpha value is -1.82. The molecule has 2 aromatic carbocycles. The van der Waals surface area contributed by atoms with Gasteiger partial charge in [-0.25, -0.2) is 0 Å². The number of hydrogen-bond acceptors (Lipinski definition) is 3. The molecule has 0 saturated carbocycles. The van der Waals surface area contributed by atoms with Gasteiger partial charge >= 0.3 is 0 Å². The Morgan fingerprint density at radius 1 is 1.08 bits per heavy atom. The number of anilines is 1. The number of morpholine rings is 1. The van der Waals surface area contributed by atoms with Gasteiger partial charge in [0.15, 0.2) is 0 Å². The van der Waals surface area contributed by atoms with Gasteiger partial charge in [0.25, 0.3) is 0 Å². The van der Waals surface area contributed by atoms with Crippen molar-refractivity contribution in [2.75, 3.05) is 51.3 Å². The van der Waals surface area contributed by atoms with Crippen LogP contribution in [0.25, 0.3) is 0 Å². The third-order valence-electron chi connectivity index (χ3n) is 5.41. The third-order valence-corrected chi connectivity index (χ3v) is 6.72. The summed E-state index contributed by atoms with van der Waals surface area (Å²) < 4.78 is 6.48. The molecular formula is C21H25N2O2S+. The molecule has 0 aliphatic carbocycles. The van der Waals surface area contributed by atoms with Gasteiger partial charge in [-0.3, -0.25) is 4.79 Å². The van der Waals surface area contributed by atoms with E-state index in [1.165, 1.54) is 4.90 Å². The second-order valence-electron chi connectivity index (χ2n) is 7.27. The highest BCUT2D eigenvalue weighted by Crippen LogP contribution is 2.46. The van der Waals surface area contributed by atoms with Gasteiger partial charge in [-0.05, 0) is 17.7 Å². The molecule has 2 aliphatic rings. The number of thioether (sulfide) groups is 1. The molecule has 1 amide bonds. The maximum atomic E-state index is 13.3. The van der Waals surface area contributed by atoms with Crippen molar-refractivity contribution in [3.05, 3.63) is 60.2 Å². The minimum absolute atomic E-state index is 0.166. The van der Waals surface area contributed by atoms with Gasteiger partial charge < -0.3 is 14.1 Å². The zero-order valence-electron chi connectivity index (χ0n) is 15.1. The Kier molecular flexibility index (Phi) is 5.02. The zero-order valence-corrected chi connectivity index (χ0v) is 16.0. The fraction of sp³-hybridized carbons (Fsp3) is 0.381. The van der Waals surface area contributed by atoms with Crippen LogP contribution < -0.4 is 4.90 Å². The number of carbonyl (C=O) groups excluding carboxylic acids is 1. The number of quaternary nitrogens is 1. The van der Waals surface area contributed by atoms with Crippen LogP contribution in [0.2, 0.25) is 0 Å². The van der Waals surface area contributed by atoms with E-state index in [2.05, 4.69) is 37.4 Å². The molecule has 0 spiro atoms. The zero-order chi connectivity index (χ0) is 18.0. The lowest BCUT2D eigenvalue weighted by atomic mass is 10.1. The molecule has 0 bridgehead atoms. The summed E-state index contributed by atoms with van der Waals surface area (Å²) in [6.45, 7) is 5.35. The molecule has 2 heterocycles. The van der Waals surface area contributed by atoms with Crippen LogP contribution >= 0.6 is 11.8 Å². The molecule has 0 aromatic heterocycles. The second-order valence-corrected chi connectivity index (χ2v) is 8.42. The van der Waals surface area contributed by atoms with Crippen LogP contribution in [0, 0.1) is 0 Å². The van der Waals surface area contributed by atoms with Gasteiger partial charge in [-0.15, -0.1) is 11.8 Å². The Balaban J connectivity index is 1.60. The molecule has 4 rings (SSSR count). The predicted molar refractivity (Wildman–Crippen MR) is 105 cm³/mol. The van der Waals surface area contributed by atoms with E-state index < -0.39 is 0 Å². The highest BCUT2D eigenvalue weighted by molar-refractivity contribution is 8.00. The summed E-state index contributed by atoms with van der Waals surface area (Å²) in [5.41, 5.74) is 2.13. The van der Waals surface area contributed by atoms with E-state index in [1.54, 1.807) is 11.8 Å². The number of carbonyl (C=O) groups is 1. The molecule has 1 atom stereocenters. The van der Waals surface area contributed by atoms with Gasteiger partial charge in [-0.2, -0.15) is 0 Å². The first-order valence-corrected chi connectivity index (χ1v) is 10.1. The molecule has 1 unspecified atom stereocenters. The molecule has 1 fully saturated rings. The number of ether oxygens (including phenoxy) is 1. The van der Waals surface area contributed by atoms with Crippen LogP contribution in [0.4, 0.5) is 5.69 Å². The summed E-state index contributed by atoms with van der Waals surface area (Å²) in [7, 11) is 2.27. The number of hydrogen-bond donors (Lipinski definition) is 0. The molecule has 2 aliphatic heterocycles. The van der Waals surface area contributed by atoms with E-state index in [0.717, 1.165) is 55.1 Å². The van der Waals surface area contributed by atoms with Gasteiger partial charge in [0, 0.05) is 4.90 Å². The number of likely N-dealkylation sites (N-methyl/N-ethyl adjacent to an activating group) is 1. The summed E-state index contributed by atoms with van der Waals surface area (Å²) in [5, 5.41) is -0.166.